The third-order valence-electron chi connectivity index (χ3n) is 5.20. The van der Waals surface area contributed by atoms with Gasteiger partial charge in [-0.2, -0.15) is 0 Å². The van der Waals surface area contributed by atoms with Crippen LogP contribution in [-0.4, -0.2) is 28.1 Å². The molecule has 0 spiro atoms. The Hall–Kier alpha value is -2.70. The number of hydrogen-bond donors (Lipinski definition) is 2. The van der Waals surface area contributed by atoms with Gasteiger partial charge in [-0.1, -0.05) is 26.0 Å². The van der Waals surface area contributed by atoms with Gasteiger partial charge in [0.1, 0.15) is 16.3 Å². The van der Waals surface area contributed by atoms with E-state index in [9.17, 15) is 14.3 Å². The molecule has 2 aromatic heterocycles. The molecule has 0 saturated heterocycles. The van der Waals surface area contributed by atoms with E-state index >= 15 is 0 Å². The van der Waals surface area contributed by atoms with Gasteiger partial charge in [-0.3, -0.25) is 9.69 Å². The number of H-pyrrole nitrogens is 1. The Morgan fingerprint density at radius 2 is 1.93 bits per heavy atom. The molecule has 0 unspecified atom stereocenters. The summed E-state index contributed by atoms with van der Waals surface area (Å²) < 4.78 is 15.4. The minimum absolute atomic E-state index is 0.0583. The zero-order chi connectivity index (χ0) is 19.8. The van der Waals surface area contributed by atoms with E-state index in [4.69, 9.17) is 0 Å². The third-order valence-corrected chi connectivity index (χ3v) is 6.12. The molecule has 0 aliphatic rings. The maximum atomic E-state index is 14.9. The molecule has 0 amide bonds. The molecular formula is C22H21FN2O2S. The van der Waals surface area contributed by atoms with Gasteiger partial charge < -0.3 is 10.1 Å². The van der Waals surface area contributed by atoms with E-state index in [1.165, 1.54) is 23.5 Å². The summed E-state index contributed by atoms with van der Waals surface area (Å²) in [5.74, 6) is -0.241. The summed E-state index contributed by atoms with van der Waals surface area (Å²) >= 11 is 1.35. The van der Waals surface area contributed by atoms with Crippen molar-refractivity contribution < 1.29 is 9.50 Å². The summed E-state index contributed by atoms with van der Waals surface area (Å²) in [5, 5.41) is 13.9. The monoisotopic (exact) mass is 396 g/mol. The van der Waals surface area contributed by atoms with E-state index in [-0.39, 0.29) is 17.1 Å². The van der Waals surface area contributed by atoms with Crippen molar-refractivity contribution in [1.29, 1.82) is 0 Å². The molecule has 4 rings (SSSR count). The number of hydrogen-bond acceptors (Lipinski definition) is 4. The molecule has 6 heteroatoms. The van der Waals surface area contributed by atoms with Gasteiger partial charge in [0.05, 0.1) is 0 Å². The topological polar surface area (TPSA) is 56.3 Å². The van der Waals surface area contributed by atoms with Gasteiger partial charge in [0.15, 0.2) is 0 Å². The first-order valence-electron chi connectivity index (χ1n) is 9.29. The lowest BCUT2D eigenvalue weighted by Gasteiger charge is -2.19. The van der Waals surface area contributed by atoms with Crippen LogP contribution in [0.3, 0.4) is 0 Å². The predicted molar refractivity (Wildman–Crippen MR) is 114 cm³/mol. The predicted octanol–water partition coefficient (Wildman–Crippen LogP) is 5.10. The SMILES string of the molecule is CCN(CC)Cc1ccc(-c2c(O)ccc3[nH]c(=O)c4sccc4c23)cc1F. The number of benzene rings is 2. The minimum atomic E-state index is -0.299. The van der Waals surface area contributed by atoms with Gasteiger partial charge in [-0.25, -0.2) is 4.39 Å². The molecule has 4 aromatic rings. The molecule has 4 nitrogen and oxygen atoms in total. The van der Waals surface area contributed by atoms with E-state index in [2.05, 4.69) is 23.7 Å². The van der Waals surface area contributed by atoms with E-state index < -0.39 is 0 Å². The van der Waals surface area contributed by atoms with Crippen molar-refractivity contribution in [2.75, 3.05) is 13.1 Å². The van der Waals surface area contributed by atoms with Crippen molar-refractivity contribution >= 4 is 32.3 Å². The van der Waals surface area contributed by atoms with Crippen LogP contribution in [0.15, 0.2) is 46.6 Å². The normalized spacial score (nSPS) is 11.7. The number of phenolic OH excluding ortho intramolecular Hbond substituents is 1. The van der Waals surface area contributed by atoms with Gasteiger partial charge >= 0.3 is 0 Å². The fourth-order valence-corrected chi connectivity index (χ4v) is 4.44. The number of halogens is 1. The number of thiophene rings is 1. The Balaban J connectivity index is 1.92. The van der Waals surface area contributed by atoms with E-state index in [1.807, 2.05) is 17.5 Å². The number of pyridine rings is 1. The Bertz CT molecular complexity index is 1220. The Morgan fingerprint density at radius 1 is 1.14 bits per heavy atom. The van der Waals surface area contributed by atoms with Gasteiger partial charge in [-0.15, -0.1) is 11.3 Å². The molecule has 0 radical (unpaired) electrons. The van der Waals surface area contributed by atoms with Crippen LogP contribution in [0.5, 0.6) is 5.75 Å². The van der Waals surface area contributed by atoms with E-state index in [0.29, 0.717) is 33.5 Å². The quantitative estimate of drug-likeness (QED) is 0.494. The van der Waals surface area contributed by atoms with Crippen LogP contribution < -0.4 is 5.56 Å². The number of rotatable bonds is 5. The molecule has 2 aromatic carbocycles. The summed E-state index contributed by atoms with van der Waals surface area (Å²) in [6.07, 6.45) is 0. The maximum absolute atomic E-state index is 14.9. The van der Waals surface area contributed by atoms with Crippen LogP contribution in [0.4, 0.5) is 4.39 Å². The zero-order valence-corrected chi connectivity index (χ0v) is 16.6. The molecule has 0 fully saturated rings. The smallest absolute Gasteiger partial charge is 0.266 e. The summed E-state index contributed by atoms with van der Waals surface area (Å²) in [4.78, 5) is 17.3. The van der Waals surface area contributed by atoms with Crippen molar-refractivity contribution in [3.8, 4) is 16.9 Å². The number of aromatic nitrogens is 1. The second-order valence-corrected chi connectivity index (χ2v) is 7.68. The van der Waals surface area contributed by atoms with Gasteiger partial charge in [0.2, 0.25) is 0 Å². The molecule has 0 bridgehead atoms. The summed E-state index contributed by atoms with van der Waals surface area (Å²) in [5.41, 5.74) is 2.21. The van der Waals surface area contributed by atoms with E-state index in [0.717, 1.165) is 23.9 Å². The molecule has 0 saturated carbocycles. The first kappa shape index (κ1) is 18.7. The highest BCUT2D eigenvalue weighted by Gasteiger charge is 2.17. The Morgan fingerprint density at radius 3 is 2.64 bits per heavy atom. The van der Waals surface area contributed by atoms with Gasteiger partial charge in [0.25, 0.3) is 5.56 Å². The van der Waals surface area contributed by atoms with Crippen molar-refractivity contribution in [2.45, 2.75) is 20.4 Å². The average Bonchev–Trinajstić information content (AvgIpc) is 3.18. The molecule has 0 aliphatic carbocycles. The minimum Gasteiger partial charge on any atom is -0.507 e. The molecule has 0 aliphatic heterocycles. The fourth-order valence-electron chi connectivity index (χ4n) is 3.65. The van der Waals surface area contributed by atoms with Crippen molar-refractivity contribution in [3.05, 3.63) is 63.5 Å². The average molecular weight is 396 g/mol. The lowest BCUT2D eigenvalue weighted by molar-refractivity contribution is 0.291. The molecule has 28 heavy (non-hydrogen) atoms. The van der Waals surface area contributed by atoms with Crippen LogP contribution in [-0.2, 0) is 6.54 Å². The Kier molecular flexibility index (Phi) is 4.91. The number of aromatic amines is 1. The first-order valence-corrected chi connectivity index (χ1v) is 10.2. The van der Waals surface area contributed by atoms with Crippen molar-refractivity contribution in [2.24, 2.45) is 0 Å². The summed E-state index contributed by atoms with van der Waals surface area (Å²) in [7, 11) is 0. The lowest BCUT2D eigenvalue weighted by Crippen LogP contribution is -2.22. The second-order valence-electron chi connectivity index (χ2n) is 6.77. The molecule has 2 N–H and O–H groups in total. The number of nitrogens with zero attached hydrogens (tertiary/aromatic N) is 1. The maximum Gasteiger partial charge on any atom is 0.266 e. The third kappa shape index (κ3) is 3.08. The molecule has 144 valence electrons. The summed E-state index contributed by atoms with van der Waals surface area (Å²) in [6, 6.07) is 10.2. The van der Waals surface area contributed by atoms with E-state index in [1.54, 1.807) is 12.1 Å². The van der Waals surface area contributed by atoms with Crippen LogP contribution in [0.25, 0.3) is 32.1 Å². The zero-order valence-electron chi connectivity index (χ0n) is 15.8. The fraction of sp³-hybridized carbons (Fsp3) is 0.227. The highest BCUT2D eigenvalue weighted by molar-refractivity contribution is 7.17. The Labute approximate surface area is 165 Å². The van der Waals surface area contributed by atoms with Crippen LogP contribution in [0, 0.1) is 5.82 Å². The first-order chi connectivity index (χ1) is 13.5. The van der Waals surface area contributed by atoms with Crippen LogP contribution >= 0.6 is 11.3 Å². The largest absolute Gasteiger partial charge is 0.507 e. The van der Waals surface area contributed by atoms with Crippen molar-refractivity contribution in [3.63, 3.8) is 0 Å². The number of aromatic hydroxyl groups is 1. The molecule has 2 heterocycles. The number of phenols is 1. The number of fused-ring (bicyclic) bond motifs is 3. The lowest BCUT2D eigenvalue weighted by atomic mass is 9.96. The second kappa shape index (κ2) is 7.37. The van der Waals surface area contributed by atoms with Gasteiger partial charge in [0, 0.05) is 34.0 Å². The van der Waals surface area contributed by atoms with Crippen molar-refractivity contribution in [1.82, 2.24) is 9.88 Å². The standard InChI is InChI=1S/C22H21FN2O2S/c1-3-25(4-2)12-14-6-5-13(11-16(14)23)19-18(26)8-7-17-20(19)15-9-10-28-21(15)22(27)24-17/h5-11,26H,3-4,12H2,1-2H3,(H,24,27). The molecule has 0 atom stereocenters. The summed E-state index contributed by atoms with van der Waals surface area (Å²) in [6.45, 7) is 6.35. The van der Waals surface area contributed by atoms with Gasteiger partial charge in [-0.05, 0) is 48.3 Å². The van der Waals surface area contributed by atoms with Crippen LogP contribution in [0.2, 0.25) is 0 Å². The van der Waals surface area contributed by atoms with Crippen LogP contribution in [0.1, 0.15) is 19.4 Å². The molecular weight excluding hydrogens is 375 g/mol. The highest BCUT2D eigenvalue weighted by atomic mass is 32.1. The number of nitrogens with one attached hydrogen (secondary N) is 1. The highest BCUT2D eigenvalue weighted by Crippen LogP contribution is 2.40.